The van der Waals surface area contributed by atoms with Gasteiger partial charge in [0.05, 0.1) is 24.7 Å². The van der Waals surface area contributed by atoms with Gasteiger partial charge < -0.3 is 14.6 Å². The lowest BCUT2D eigenvalue weighted by atomic mass is 10.1. The van der Waals surface area contributed by atoms with E-state index in [0.717, 1.165) is 10.2 Å². The van der Waals surface area contributed by atoms with Crippen LogP contribution in [0.1, 0.15) is 11.1 Å². The number of nitrogens with zero attached hydrogens (tertiary/aromatic N) is 3. The van der Waals surface area contributed by atoms with Crippen LogP contribution in [0, 0.1) is 11.6 Å². The number of benzene rings is 3. The average molecular weight is 488 g/mol. The lowest BCUT2D eigenvalue weighted by molar-refractivity contribution is -0.122. The molecule has 2 aliphatic heterocycles. The summed E-state index contributed by atoms with van der Waals surface area (Å²) in [5.74, 6) is -0.612. The largest absolute Gasteiger partial charge is 0.497 e. The zero-order chi connectivity index (χ0) is 25.2. The van der Waals surface area contributed by atoms with Crippen molar-refractivity contribution in [3.05, 3.63) is 106 Å². The minimum absolute atomic E-state index is 0.135. The third-order valence-electron chi connectivity index (χ3n) is 5.96. The van der Waals surface area contributed by atoms with Gasteiger partial charge in [0.2, 0.25) is 5.91 Å². The summed E-state index contributed by atoms with van der Waals surface area (Å²) in [6.07, 6.45) is 1.57. The van der Waals surface area contributed by atoms with E-state index < -0.39 is 17.3 Å². The molecule has 0 aromatic heterocycles. The molecule has 1 N–H and O–H groups in total. The smallest absolute Gasteiger partial charge is 0.278 e. The highest BCUT2D eigenvalue weighted by Crippen LogP contribution is 2.29. The molecule has 3 aromatic carbocycles. The summed E-state index contributed by atoms with van der Waals surface area (Å²) >= 11 is 0. The highest BCUT2D eigenvalue weighted by Gasteiger charge is 2.22. The Bertz CT molecular complexity index is 1610. The molecule has 0 fully saturated rings. The Morgan fingerprint density at radius 1 is 1.06 bits per heavy atom. The van der Waals surface area contributed by atoms with Crippen LogP contribution < -0.4 is 15.6 Å². The Labute approximate surface area is 204 Å². The van der Waals surface area contributed by atoms with Crippen LogP contribution in [0.15, 0.2) is 77.7 Å². The number of fused-ring (bicyclic) bond motifs is 3. The zero-order valence-electron chi connectivity index (χ0n) is 19.4. The molecule has 2 heterocycles. The van der Waals surface area contributed by atoms with E-state index in [2.05, 4.69) is 10.4 Å². The molecule has 3 aromatic rings. The third-order valence-corrected chi connectivity index (χ3v) is 5.96. The predicted octanol–water partition coefficient (Wildman–Crippen LogP) is 3.95. The molecule has 0 bridgehead atoms. The van der Waals surface area contributed by atoms with Gasteiger partial charge in [-0.1, -0.05) is 30.3 Å². The van der Waals surface area contributed by atoms with E-state index in [9.17, 15) is 18.4 Å². The molecule has 0 aliphatic carbocycles. The van der Waals surface area contributed by atoms with Gasteiger partial charge in [-0.25, -0.2) is 13.5 Å². The van der Waals surface area contributed by atoms with E-state index in [1.807, 2.05) is 12.1 Å². The van der Waals surface area contributed by atoms with E-state index in [1.54, 1.807) is 54.3 Å². The first-order valence-electron chi connectivity index (χ1n) is 11.2. The Morgan fingerprint density at radius 2 is 1.89 bits per heavy atom. The van der Waals surface area contributed by atoms with Crippen molar-refractivity contribution in [2.24, 2.45) is 0 Å². The van der Waals surface area contributed by atoms with Crippen molar-refractivity contribution in [2.75, 3.05) is 7.11 Å². The van der Waals surface area contributed by atoms with Gasteiger partial charge in [0, 0.05) is 23.7 Å². The summed E-state index contributed by atoms with van der Waals surface area (Å²) in [7, 11) is 1.56. The molecule has 1 amide bonds. The number of amides is 1. The second kappa shape index (κ2) is 9.61. The zero-order valence-corrected chi connectivity index (χ0v) is 19.4. The molecule has 0 spiro atoms. The summed E-state index contributed by atoms with van der Waals surface area (Å²) in [5.41, 5.74) is 1.84. The number of hydrogen-bond acceptors (Lipinski definition) is 4. The highest BCUT2D eigenvalue weighted by molar-refractivity contribution is 5.93. The fourth-order valence-electron chi connectivity index (χ4n) is 4.17. The molecule has 2 aliphatic rings. The molecule has 36 heavy (non-hydrogen) atoms. The number of hydrogen-bond donors (Lipinski definition) is 1. The van der Waals surface area contributed by atoms with Crippen molar-refractivity contribution in [1.82, 2.24) is 19.7 Å². The monoisotopic (exact) mass is 488 g/mol. The predicted molar refractivity (Wildman–Crippen MR) is 131 cm³/mol. The van der Waals surface area contributed by atoms with E-state index in [1.165, 1.54) is 18.2 Å². The van der Waals surface area contributed by atoms with Crippen molar-refractivity contribution in [2.45, 2.75) is 19.6 Å². The van der Waals surface area contributed by atoms with Gasteiger partial charge in [-0.3, -0.25) is 9.59 Å². The van der Waals surface area contributed by atoms with Crippen molar-refractivity contribution in [3.63, 3.8) is 0 Å². The minimum Gasteiger partial charge on any atom is -0.497 e. The number of aromatic nitrogens is 3. The molecular weight excluding hydrogens is 466 g/mol. The maximum atomic E-state index is 14.3. The molecule has 9 heteroatoms. The molecule has 7 nitrogen and oxygen atoms in total. The first-order valence-corrected chi connectivity index (χ1v) is 11.2. The van der Waals surface area contributed by atoms with Crippen LogP contribution in [0.25, 0.3) is 22.2 Å². The second-order valence-electron chi connectivity index (χ2n) is 8.36. The van der Waals surface area contributed by atoms with E-state index in [4.69, 9.17) is 4.74 Å². The topological polar surface area (TPSA) is 78.2 Å². The van der Waals surface area contributed by atoms with Crippen molar-refractivity contribution < 1.29 is 18.3 Å². The fraction of sp³-hybridized carbons (Fsp3) is 0.148. The second-order valence-corrected chi connectivity index (χ2v) is 8.36. The lowest BCUT2D eigenvalue weighted by Crippen LogP contribution is -2.31. The number of halogens is 2. The van der Waals surface area contributed by atoms with Crippen LogP contribution in [0.4, 0.5) is 8.78 Å². The van der Waals surface area contributed by atoms with Crippen LogP contribution in [0.2, 0.25) is 0 Å². The summed E-state index contributed by atoms with van der Waals surface area (Å²) in [6.45, 7) is 0.0831. The number of methoxy groups -OCH3 is 1. The highest BCUT2D eigenvalue weighted by atomic mass is 19.1. The number of ether oxygens (including phenoxy) is 1. The van der Waals surface area contributed by atoms with Gasteiger partial charge in [0.15, 0.2) is 0 Å². The summed E-state index contributed by atoms with van der Waals surface area (Å²) in [5, 5.41) is 7.50. The van der Waals surface area contributed by atoms with Crippen LogP contribution in [0.5, 0.6) is 5.75 Å². The number of nitrogens with one attached hydrogen (secondary N) is 1. The van der Waals surface area contributed by atoms with Crippen LogP contribution in [0.3, 0.4) is 0 Å². The SMILES string of the molecule is COc1cccc(CNC(=O)Cn2nc3c4cc(F)ccc4n(Cc4ccccc4F)cc-3c2=O)c1. The van der Waals surface area contributed by atoms with Crippen LogP contribution in [-0.4, -0.2) is 27.4 Å². The molecule has 0 atom stereocenters. The number of rotatable bonds is 7. The quantitative estimate of drug-likeness (QED) is 0.376. The Kier molecular flexibility index (Phi) is 6.20. The van der Waals surface area contributed by atoms with Crippen molar-refractivity contribution >= 4 is 16.8 Å². The van der Waals surface area contributed by atoms with Gasteiger partial charge in [-0.2, -0.15) is 5.10 Å². The third kappa shape index (κ3) is 4.55. The number of carbonyl (C=O) groups is 1. The first kappa shape index (κ1) is 23.2. The Balaban J connectivity index is 1.47. The molecular formula is C27H22F2N4O3. The molecule has 0 saturated carbocycles. The minimum atomic E-state index is -0.495. The first-order chi connectivity index (χ1) is 17.4. The lowest BCUT2D eigenvalue weighted by Gasteiger charge is -2.14. The molecule has 0 saturated heterocycles. The molecule has 5 rings (SSSR count). The van der Waals surface area contributed by atoms with E-state index >= 15 is 0 Å². The maximum absolute atomic E-state index is 14.3. The molecule has 182 valence electrons. The average Bonchev–Trinajstić information content (AvgIpc) is 3.19. The molecule has 0 unspecified atom stereocenters. The standard InChI is InChI=1S/C27H22F2N4O3/c1-36-20-7-4-5-17(11-20)13-30-25(34)16-33-27(35)22-15-32(14-18-6-2-3-8-23(18)29)24-10-9-19(28)12-21(24)26(22)31-33/h2-12,15H,13-14,16H2,1H3,(H,30,34). The van der Waals surface area contributed by atoms with Crippen molar-refractivity contribution in [1.29, 1.82) is 0 Å². The molecule has 0 radical (unpaired) electrons. The summed E-state index contributed by atoms with van der Waals surface area (Å²) < 4.78 is 36.4. The maximum Gasteiger partial charge on any atom is 0.278 e. The normalized spacial score (nSPS) is 11.2. The van der Waals surface area contributed by atoms with E-state index in [0.29, 0.717) is 22.2 Å². The van der Waals surface area contributed by atoms with E-state index in [-0.39, 0.29) is 36.7 Å². The number of carbonyl (C=O) groups excluding carboxylic acids is 1. The summed E-state index contributed by atoms with van der Waals surface area (Å²) in [4.78, 5) is 25.7. The van der Waals surface area contributed by atoms with Gasteiger partial charge in [0.1, 0.15) is 29.6 Å². The summed E-state index contributed by atoms with van der Waals surface area (Å²) in [6, 6.07) is 17.7. The number of pyridine rings is 1. The van der Waals surface area contributed by atoms with Crippen LogP contribution >= 0.6 is 0 Å². The fourth-order valence-corrected chi connectivity index (χ4v) is 4.17. The van der Waals surface area contributed by atoms with Crippen LogP contribution in [-0.2, 0) is 24.4 Å². The van der Waals surface area contributed by atoms with Gasteiger partial charge in [0.25, 0.3) is 5.56 Å². The van der Waals surface area contributed by atoms with Crippen molar-refractivity contribution in [3.8, 4) is 17.0 Å². The van der Waals surface area contributed by atoms with Gasteiger partial charge in [-0.05, 0) is 42.0 Å². The van der Waals surface area contributed by atoms with Gasteiger partial charge >= 0.3 is 0 Å². The Hall–Kier alpha value is -4.53. The van der Waals surface area contributed by atoms with Gasteiger partial charge in [-0.15, -0.1) is 0 Å². The Morgan fingerprint density at radius 3 is 2.69 bits per heavy atom.